The van der Waals surface area contributed by atoms with Gasteiger partial charge in [0.25, 0.3) is 5.91 Å². The predicted molar refractivity (Wildman–Crippen MR) is 155 cm³/mol. The van der Waals surface area contributed by atoms with Gasteiger partial charge in [-0.1, -0.05) is 41.4 Å². The third-order valence-electron chi connectivity index (χ3n) is 7.12. The van der Waals surface area contributed by atoms with Gasteiger partial charge >= 0.3 is 5.97 Å². The van der Waals surface area contributed by atoms with Crippen LogP contribution in [0, 0.1) is 5.82 Å². The van der Waals surface area contributed by atoms with E-state index in [4.69, 9.17) is 42.5 Å². The number of carboxylic acids is 1. The van der Waals surface area contributed by atoms with Crippen molar-refractivity contribution >= 4 is 40.8 Å². The van der Waals surface area contributed by atoms with E-state index in [1.54, 1.807) is 18.2 Å². The maximum atomic E-state index is 15.4. The van der Waals surface area contributed by atoms with Crippen LogP contribution in [0.3, 0.4) is 0 Å². The van der Waals surface area contributed by atoms with Gasteiger partial charge in [0.2, 0.25) is 0 Å². The van der Waals surface area contributed by atoms with E-state index < -0.39 is 17.7 Å². The molecule has 42 heavy (non-hydrogen) atoms. The van der Waals surface area contributed by atoms with Gasteiger partial charge < -0.3 is 34.2 Å². The van der Waals surface area contributed by atoms with Gasteiger partial charge in [-0.25, -0.2) is 9.18 Å². The number of rotatable bonds is 9. The minimum Gasteiger partial charge on any atom is -0.493 e. The summed E-state index contributed by atoms with van der Waals surface area (Å²) in [6, 6.07) is 10.8. The highest BCUT2D eigenvalue weighted by Gasteiger charge is 2.30. The minimum atomic E-state index is -1.22. The molecule has 0 radical (unpaired) electrons. The molecule has 2 heterocycles. The Hall–Kier alpha value is -3.57. The van der Waals surface area contributed by atoms with Crippen molar-refractivity contribution in [2.24, 2.45) is 0 Å². The molecule has 1 fully saturated rings. The minimum absolute atomic E-state index is 0.0717. The molecule has 2 aliphatic heterocycles. The molecule has 5 rings (SSSR count). The number of aliphatic hydroxyl groups is 1. The molecule has 3 aromatic rings. The highest BCUT2D eigenvalue weighted by molar-refractivity contribution is 6.39. The van der Waals surface area contributed by atoms with Crippen LogP contribution >= 0.6 is 23.2 Å². The monoisotopic (exact) mass is 618 g/mol. The van der Waals surface area contributed by atoms with Crippen LogP contribution in [-0.4, -0.2) is 73.2 Å². The number of aromatic carboxylic acids is 1. The molecule has 2 aliphatic rings. The molecule has 222 valence electrons. The van der Waals surface area contributed by atoms with E-state index in [0.717, 1.165) is 6.07 Å². The smallest absolute Gasteiger partial charge is 0.337 e. The number of carbonyl (C=O) groups excluding carboxylic acids is 1. The van der Waals surface area contributed by atoms with Crippen molar-refractivity contribution in [3.8, 4) is 22.6 Å². The van der Waals surface area contributed by atoms with E-state index in [2.05, 4.69) is 0 Å². The number of fused-ring (bicyclic) bond motifs is 1. The van der Waals surface area contributed by atoms with Gasteiger partial charge in [-0.2, -0.15) is 0 Å². The number of carboxylic acid groups (broad SMARTS) is 1. The second-order valence-corrected chi connectivity index (χ2v) is 10.7. The standard InChI is InChI=1S/C30H29Cl2FN2O7/c31-23-12-19(41-9-2-1-8-36)13-24(32)27(23)29(37)35-16-18-4-3-5-20(28(18)42-17-35)21-15-26(34-6-10-40-11-7-34)22(30(38)39)14-25(21)33/h3-5,12-15,36H,1-2,6-11,16-17H2,(H,38,39). The molecule has 0 bridgehead atoms. The van der Waals surface area contributed by atoms with E-state index in [-0.39, 0.29) is 46.6 Å². The van der Waals surface area contributed by atoms with Crippen LogP contribution in [0.15, 0.2) is 42.5 Å². The largest absolute Gasteiger partial charge is 0.493 e. The zero-order valence-corrected chi connectivity index (χ0v) is 24.1. The second-order valence-electron chi connectivity index (χ2n) is 9.87. The number of halogens is 3. The first-order valence-electron chi connectivity index (χ1n) is 13.4. The molecule has 1 saturated heterocycles. The molecule has 3 aromatic carbocycles. The summed E-state index contributed by atoms with van der Waals surface area (Å²) < 4.78 is 32.4. The maximum Gasteiger partial charge on any atom is 0.337 e. The van der Waals surface area contributed by atoms with Crippen LogP contribution in [0.4, 0.5) is 10.1 Å². The van der Waals surface area contributed by atoms with Gasteiger partial charge in [-0.15, -0.1) is 0 Å². The number of carbonyl (C=O) groups is 2. The third kappa shape index (κ3) is 6.27. The van der Waals surface area contributed by atoms with Crippen molar-refractivity contribution in [2.75, 3.05) is 51.1 Å². The van der Waals surface area contributed by atoms with Crippen molar-refractivity contribution in [3.63, 3.8) is 0 Å². The molecule has 2 N–H and O–H groups in total. The molecule has 9 nitrogen and oxygen atoms in total. The van der Waals surface area contributed by atoms with Crippen LogP contribution in [0.1, 0.15) is 39.1 Å². The number of morpholine rings is 1. The number of unbranched alkanes of at least 4 members (excludes halogenated alkanes) is 1. The first-order valence-corrected chi connectivity index (χ1v) is 14.2. The normalized spacial score (nSPS) is 14.8. The SMILES string of the molecule is O=C(O)c1cc(F)c(-c2cccc3c2OCN(C(=O)c2c(Cl)cc(OCCCCO)cc2Cl)C3)cc1N1CCOCC1. The van der Waals surface area contributed by atoms with Crippen molar-refractivity contribution in [1.82, 2.24) is 4.90 Å². The number of hydrogen-bond donors (Lipinski definition) is 2. The number of aliphatic hydroxyl groups excluding tert-OH is 1. The first kappa shape index (κ1) is 29.9. The average molecular weight is 619 g/mol. The van der Waals surface area contributed by atoms with E-state index in [1.165, 1.54) is 23.1 Å². The topological polar surface area (TPSA) is 109 Å². The van der Waals surface area contributed by atoms with Gasteiger partial charge in [-0.05, 0) is 37.1 Å². The molecule has 0 spiro atoms. The molecular formula is C30H29Cl2FN2O7. The lowest BCUT2D eigenvalue weighted by atomic mass is 9.97. The predicted octanol–water partition coefficient (Wildman–Crippen LogP) is 5.48. The molecule has 0 aromatic heterocycles. The number of ether oxygens (including phenoxy) is 3. The van der Waals surface area contributed by atoms with Gasteiger partial charge in [0.05, 0.1) is 53.2 Å². The number of anilines is 1. The number of para-hydroxylation sites is 1. The molecule has 1 amide bonds. The van der Waals surface area contributed by atoms with Crippen LogP contribution in [0.25, 0.3) is 11.1 Å². The summed E-state index contributed by atoms with van der Waals surface area (Å²) in [5.74, 6) is -1.55. The summed E-state index contributed by atoms with van der Waals surface area (Å²) in [4.78, 5) is 28.7. The average Bonchev–Trinajstić information content (AvgIpc) is 2.98. The molecule has 0 atom stereocenters. The summed E-state index contributed by atoms with van der Waals surface area (Å²) in [7, 11) is 0. The molecule has 0 aliphatic carbocycles. The Kier molecular flexibility index (Phi) is 9.37. The van der Waals surface area contributed by atoms with Crippen LogP contribution in [0.2, 0.25) is 10.0 Å². The van der Waals surface area contributed by atoms with Crippen molar-refractivity contribution in [3.05, 3.63) is 75.0 Å². The Balaban J connectivity index is 1.41. The summed E-state index contributed by atoms with van der Waals surface area (Å²) in [6.07, 6.45) is 1.26. The molecular weight excluding hydrogens is 590 g/mol. The fourth-order valence-electron chi connectivity index (χ4n) is 5.02. The van der Waals surface area contributed by atoms with E-state index in [9.17, 15) is 14.7 Å². The van der Waals surface area contributed by atoms with Gasteiger partial charge in [0.1, 0.15) is 17.3 Å². The Morgan fingerprint density at radius 3 is 2.45 bits per heavy atom. The highest BCUT2D eigenvalue weighted by Crippen LogP contribution is 2.41. The summed E-state index contributed by atoms with van der Waals surface area (Å²) >= 11 is 12.9. The number of benzene rings is 3. The Labute approximate surface area is 251 Å². The van der Waals surface area contributed by atoms with Crippen molar-refractivity contribution in [2.45, 2.75) is 19.4 Å². The Morgan fingerprint density at radius 1 is 1.02 bits per heavy atom. The molecule has 0 saturated carbocycles. The van der Waals surface area contributed by atoms with Crippen molar-refractivity contribution < 1.29 is 38.4 Å². The fourth-order valence-corrected chi connectivity index (χ4v) is 5.65. The molecule has 12 heteroatoms. The van der Waals surface area contributed by atoms with E-state index >= 15 is 4.39 Å². The van der Waals surface area contributed by atoms with Gasteiger partial charge in [0, 0.05) is 36.4 Å². The van der Waals surface area contributed by atoms with Crippen LogP contribution in [-0.2, 0) is 11.3 Å². The van der Waals surface area contributed by atoms with Crippen LogP contribution in [0.5, 0.6) is 11.5 Å². The first-order chi connectivity index (χ1) is 20.3. The zero-order valence-electron chi connectivity index (χ0n) is 22.6. The lowest BCUT2D eigenvalue weighted by Crippen LogP contribution is -2.37. The highest BCUT2D eigenvalue weighted by atomic mass is 35.5. The Morgan fingerprint density at radius 2 is 1.76 bits per heavy atom. The summed E-state index contributed by atoms with van der Waals surface area (Å²) in [5.41, 5.74) is 1.65. The van der Waals surface area contributed by atoms with Crippen molar-refractivity contribution in [1.29, 1.82) is 0 Å². The number of hydrogen-bond acceptors (Lipinski definition) is 7. The summed E-state index contributed by atoms with van der Waals surface area (Å²) in [6.45, 7) is 2.29. The van der Waals surface area contributed by atoms with E-state index in [0.29, 0.717) is 74.1 Å². The quantitative estimate of drug-likeness (QED) is 0.304. The number of amides is 1. The van der Waals surface area contributed by atoms with E-state index in [1.807, 2.05) is 4.90 Å². The third-order valence-corrected chi connectivity index (χ3v) is 7.71. The lowest BCUT2D eigenvalue weighted by Gasteiger charge is -2.32. The molecule has 0 unspecified atom stereocenters. The number of nitrogens with zero attached hydrogens (tertiary/aromatic N) is 2. The summed E-state index contributed by atoms with van der Waals surface area (Å²) in [5, 5.41) is 18.9. The fraction of sp³-hybridized carbons (Fsp3) is 0.333. The Bertz CT molecular complexity index is 1470. The lowest BCUT2D eigenvalue weighted by molar-refractivity contribution is 0.0516. The van der Waals surface area contributed by atoms with Gasteiger partial charge in [-0.3, -0.25) is 4.79 Å². The van der Waals surface area contributed by atoms with Gasteiger partial charge in [0.15, 0.2) is 6.73 Å². The maximum absolute atomic E-state index is 15.4. The van der Waals surface area contributed by atoms with Crippen LogP contribution < -0.4 is 14.4 Å². The zero-order chi connectivity index (χ0) is 29.8. The second kappa shape index (κ2) is 13.2.